The summed E-state index contributed by atoms with van der Waals surface area (Å²) in [6.45, 7) is 14.0. The zero-order valence-corrected chi connectivity index (χ0v) is 46.4. The number of allylic oxidation sites excluding steroid dienone is 1. The van der Waals surface area contributed by atoms with Crippen LogP contribution in [0.2, 0.25) is 0 Å². The van der Waals surface area contributed by atoms with Crippen LogP contribution >= 0.6 is 7.82 Å². The van der Waals surface area contributed by atoms with Gasteiger partial charge >= 0.3 is 17.9 Å². The van der Waals surface area contributed by atoms with Gasteiger partial charge in [-0.3, -0.25) is 18.9 Å². The molecule has 12 heteroatoms. The first-order valence-corrected chi connectivity index (χ1v) is 29.9. The van der Waals surface area contributed by atoms with Crippen LogP contribution in [-0.4, -0.2) is 82.1 Å². The van der Waals surface area contributed by atoms with Crippen molar-refractivity contribution in [2.75, 3.05) is 47.5 Å². The maximum absolute atomic E-state index is 13.2. The Bertz CT molecular complexity index is 1610. The molecule has 0 saturated heterocycles. The number of nitrogens with zero attached hydrogens (tertiary/aromatic N) is 1. The molecule has 0 aliphatic heterocycles. The summed E-state index contributed by atoms with van der Waals surface area (Å²) in [7, 11) is 1.00. The van der Waals surface area contributed by atoms with E-state index < -0.39 is 38.4 Å². The number of carbonyl (C=O) groups is 3. The van der Waals surface area contributed by atoms with Crippen molar-refractivity contribution in [3.63, 3.8) is 0 Å². The van der Waals surface area contributed by atoms with Gasteiger partial charge in [0.1, 0.15) is 25.9 Å². The second-order valence-corrected chi connectivity index (χ2v) is 25.6. The number of rotatable bonds is 35. The van der Waals surface area contributed by atoms with Crippen LogP contribution in [0, 0.1) is 46.3 Å². The lowest BCUT2D eigenvalue weighted by atomic mass is 9.47. The number of carbonyl (C=O) groups excluding carboxylic acids is 3. The summed E-state index contributed by atoms with van der Waals surface area (Å²) in [5.41, 5.74) is 2.02. The van der Waals surface area contributed by atoms with Gasteiger partial charge in [-0.15, -0.1) is 0 Å². The summed E-state index contributed by atoms with van der Waals surface area (Å²) in [5.74, 6) is 2.95. The van der Waals surface area contributed by atoms with E-state index in [0.29, 0.717) is 28.8 Å². The van der Waals surface area contributed by atoms with E-state index in [2.05, 4.69) is 47.6 Å². The molecule has 11 nitrogen and oxygen atoms in total. The maximum atomic E-state index is 13.2. The predicted molar refractivity (Wildman–Crippen MR) is 275 cm³/mol. The standard InChI is InChI=1S/C57H102NO10P/c1-10-11-12-13-14-15-16-17-18-19-20-21-22-23-24-28-53(59)64-42-48(43-66-69(62,63)65-40-39-58(7,8)9)68-55(61)34-33-54(60)67-47-35-37-56(5)46(41-47)29-30-49-51-32-31-50(45(4)27-25-26-44(2)3)57(51,6)38-36-52(49)56/h29,44-45,47-52H,10-28,30-43H2,1-9H3/t45-,47+,48?,49+,50-,51+,52+,56+,57-/m1/s1. The van der Waals surface area contributed by atoms with Crippen molar-refractivity contribution in [2.45, 2.75) is 240 Å². The number of phosphoric acid groups is 1. The molecule has 400 valence electrons. The molecular formula is C57H102NO10P. The average molecular weight is 992 g/mol. The van der Waals surface area contributed by atoms with Crippen LogP contribution in [0.1, 0.15) is 228 Å². The fourth-order valence-corrected chi connectivity index (χ4v) is 13.8. The monoisotopic (exact) mass is 992 g/mol. The third kappa shape index (κ3) is 20.6. The van der Waals surface area contributed by atoms with Gasteiger partial charge in [0.2, 0.25) is 0 Å². The highest BCUT2D eigenvalue weighted by atomic mass is 31.2. The lowest BCUT2D eigenvalue weighted by Gasteiger charge is -2.58. The number of quaternary nitrogens is 1. The molecule has 0 aromatic carbocycles. The lowest BCUT2D eigenvalue weighted by molar-refractivity contribution is -0.870. The predicted octanol–water partition coefficient (Wildman–Crippen LogP) is 13.6. The first-order valence-electron chi connectivity index (χ1n) is 28.4. The third-order valence-corrected chi connectivity index (χ3v) is 18.2. The Kier molecular flexibility index (Phi) is 25.8. The van der Waals surface area contributed by atoms with Gasteiger partial charge in [-0.25, -0.2) is 0 Å². The number of likely N-dealkylation sites (N-methyl/N-ethyl adjacent to an activating group) is 1. The Morgan fingerprint density at radius 1 is 0.725 bits per heavy atom. The number of phosphoric ester groups is 1. The molecular weight excluding hydrogens is 890 g/mol. The summed E-state index contributed by atoms with van der Waals surface area (Å²) < 4.78 is 40.3. The number of ether oxygens (including phenoxy) is 3. The molecule has 0 aromatic rings. The summed E-state index contributed by atoms with van der Waals surface area (Å²) in [4.78, 5) is 51.6. The summed E-state index contributed by atoms with van der Waals surface area (Å²) >= 11 is 0. The van der Waals surface area contributed by atoms with Crippen molar-refractivity contribution in [2.24, 2.45) is 46.3 Å². The van der Waals surface area contributed by atoms with Crippen LogP contribution in [0.5, 0.6) is 0 Å². The van der Waals surface area contributed by atoms with Gasteiger partial charge in [0.15, 0.2) is 6.10 Å². The van der Waals surface area contributed by atoms with Crippen LogP contribution in [0.25, 0.3) is 0 Å². The lowest BCUT2D eigenvalue weighted by Crippen LogP contribution is -2.51. The molecule has 0 N–H and O–H groups in total. The molecule has 10 atom stereocenters. The van der Waals surface area contributed by atoms with E-state index in [9.17, 15) is 23.8 Å². The van der Waals surface area contributed by atoms with Gasteiger partial charge in [0, 0.05) is 12.8 Å². The van der Waals surface area contributed by atoms with E-state index >= 15 is 0 Å². The van der Waals surface area contributed by atoms with E-state index in [4.69, 9.17) is 23.3 Å². The molecule has 3 saturated carbocycles. The van der Waals surface area contributed by atoms with Gasteiger partial charge in [-0.05, 0) is 97.7 Å². The topological polar surface area (TPSA) is 137 Å². The fraction of sp³-hybridized carbons (Fsp3) is 0.912. The second kappa shape index (κ2) is 29.8. The molecule has 3 fully saturated rings. The molecule has 0 aromatic heterocycles. The summed E-state index contributed by atoms with van der Waals surface area (Å²) in [6.07, 6.45) is 32.3. The molecule has 4 rings (SSSR count). The molecule has 0 radical (unpaired) electrons. The number of hydrogen-bond donors (Lipinski definition) is 0. The van der Waals surface area contributed by atoms with Crippen molar-refractivity contribution in [3.05, 3.63) is 11.6 Å². The quantitative estimate of drug-likeness (QED) is 0.0151. The van der Waals surface area contributed by atoms with Crippen LogP contribution < -0.4 is 4.89 Å². The smallest absolute Gasteiger partial charge is 0.306 e. The Hall–Kier alpha value is -1.78. The normalized spacial score (nSPS) is 27.3. The number of hydrogen-bond acceptors (Lipinski definition) is 10. The van der Waals surface area contributed by atoms with Gasteiger partial charge in [-0.1, -0.05) is 162 Å². The zero-order valence-electron chi connectivity index (χ0n) is 45.5. The minimum atomic E-state index is -4.74. The summed E-state index contributed by atoms with van der Waals surface area (Å²) in [5, 5.41) is 0. The molecule has 2 unspecified atom stereocenters. The Morgan fingerprint density at radius 2 is 1.35 bits per heavy atom. The Morgan fingerprint density at radius 3 is 1.97 bits per heavy atom. The van der Waals surface area contributed by atoms with Crippen LogP contribution in [0.15, 0.2) is 11.6 Å². The van der Waals surface area contributed by atoms with Crippen LogP contribution in [-0.2, 0) is 42.2 Å². The molecule has 0 spiro atoms. The van der Waals surface area contributed by atoms with E-state index in [-0.39, 0.29) is 44.0 Å². The van der Waals surface area contributed by atoms with Crippen molar-refractivity contribution >= 4 is 25.7 Å². The Labute approximate surface area is 421 Å². The number of esters is 3. The molecule has 69 heavy (non-hydrogen) atoms. The van der Waals surface area contributed by atoms with E-state index in [1.54, 1.807) is 0 Å². The van der Waals surface area contributed by atoms with Gasteiger partial charge in [-0.2, -0.15) is 0 Å². The van der Waals surface area contributed by atoms with Crippen molar-refractivity contribution < 1.29 is 51.6 Å². The first kappa shape index (κ1) is 59.8. The average Bonchev–Trinajstić information content (AvgIpc) is 3.64. The van der Waals surface area contributed by atoms with E-state index in [1.165, 1.54) is 121 Å². The van der Waals surface area contributed by atoms with Gasteiger partial charge < -0.3 is 32.6 Å². The minimum absolute atomic E-state index is 0.0811. The van der Waals surface area contributed by atoms with Crippen LogP contribution in [0.3, 0.4) is 0 Å². The second-order valence-electron chi connectivity index (χ2n) is 24.2. The highest BCUT2D eigenvalue weighted by molar-refractivity contribution is 7.45. The van der Waals surface area contributed by atoms with Gasteiger partial charge in [0.05, 0.1) is 40.6 Å². The fourth-order valence-electron chi connectivity index (χ4n) is 13.1. The maximum Gasteiger partial charge on any atom is 0.306 e. The molecule has 0 amide bonds. The van der Waals surface area contributed by atoms with Crippen molar-refractivity contribution in [1.82, 2.24) is 0 Å². The van der Waals surface area contributed by atoms with Crippen LogP contribution in [0.4, 0.5) is 0 Å². The molecule has 0 bridgehead atoms. The SMILES string of the molecule is CCCCCCCCCCCCCCCCCC(=O)OCC(COP(=O)([O-])OCC[N+](C)(C)C)OC(=O)CCC(=O)O[C@H]1CC[C@@]2(C)C(=CC[C@H]3[C@@H]4CC[C@H]([C@H](C)CCCC(C)C)[C@@]4(C)CC[C@@H]32)C1. The minimum Gasteiger partial charge on any atom is -0.756 e. The zero-order chi connectivity index (χ0) is 50.5. The summed E-state index contributed by atoms with van der Waals surface area (Å²) in [6, 6.07) is 0. The van der Waals surface area contributed by atoms with Gasteiger partial charge in [0.25, 0.3) is 7.82 Å². The van der Waals surface area contributed by atoms with Crippen molar-refractivity contribution in [1.29, 1.82) is 0 Å². The highest BCUT2D eigenvalue weighted by Crippen LogP contribution is 2.67. The highest BCUT2D eigenvalue weighted by Gasteiger charge is 2.59. The first-order chi connectivity index (χ1) is 32.8. The largest absolute Gasteiger partial charge is 0.756 e. The number of unbranched alkanes of at least 4 members (excludes halogenated alkanes) is 14. The Balaban J connectivity index is 1.18. The van der Waals surface area contributed by atoms with E-state index in [0.717, 1.165) is 74.5 Å². The third-order valence-electron chi connectivity index (χ3n) is 17.2. The van der Waals surface area contributed by atoms with E-state index in [1.807, 2.05) is 21.1 Å². The molecule has 4 aliphatic rings. The number of fused-ring (bicyclic) bond motifs is 5. The van der Waals surface area contributed by atoms with Crippen molar-refractivity contribution in [3.8, 4) is 0 Å². The molecule has 0 heterocycles. The molecule has 4 aliphatic carbocycles.